The predicted octanol–water partition coefficient (Wildman–Crippen LogP) is 11.8. The van der Waals surface area contributed by atoms with Crippen LogP contribution in [-0.2, 0) is 84.9 Å². The van der Waals surface area contributed by atoms with Crippen molar-refractivity contribution in [2.45, 2.75) is 58.8 Å². The SMILES string of the molecule is C.COC(=O)CBr.COC(=O)CON=C1c2ccccc2CCc2ccccc21.Cl.NO.O=C(CO)CON=C1c2ccccc2CCc2ccccc21.O=C1c2ccccc2CCc2ccccc21.ON=C1c2ccccc2CCc2ccccc21. The number of ketones is 2. The first-order chi connectivity index (χ1) is 41.7. The number of Topliss-reactive ketones (excluding diaryl/α,β-unsaturated/α-hetero) is 1. The average molecular weight is 1260 g/mol. The van der Waals surface area contributed by atoms with E-state index in [1.807, 2.05) is 146 Å². The van der Waals surface area contributed by atoms with E-state index in [-0.39, 0.29) is 55.9 Å². The number of nitrogens with zero attached hydrogens (tertiary/aromatic N) is 3. The highest BCUT2D eigenvalue weighted by atomic mass is 79.9. The zero-order valence-corrected chi connectivity index (χ0v) is 50.2. The van der Waals surface area contributed by atoms with Gasteiger partial charge in [0.15, 0.2) is 18.2 Å². The third kappa shape index (κ3) is 18.6. The summed E-state index contributed by atoms with van der Waals surface area (Å²) in [6.45, 7) is -0.938. The van der Waals surface area contributed by atoms with Crippen molar-refractivity contribution in [2.75, 3.05) is 39.4 Å². The number of hydrogen-bond acceptors (Lipinski definition) is 15. The Morgan fingerprint density at radius 2 is 0.667 bits per heavy atom. The molecule has 0 spiro atoms. The smallest absolute Gasteiger partial charge is 0.346 e. The Kier molecular flexibility index (Phi) is 28.6. The molecular formula is C70H72BrClN4O11. The van der Waals surface area contributed by atoms with E-state index in [4.69, 9.17) is 20.0 Å². The Balaban J connectivity index is 0.000000203. The van der Waals surface area contributed by atoms with Crippen LogP contribution in [0.3, 0.4) is 0 Å². The summed E-state index contributed by atoms with van der Waals surface area (Å²) in [6, 6.07) is 64.7. The Morgan fingerprint density at radius 3 is 0.908 bits per heavy atom. The summed E-state index contributed by atoms with van der Waals surface area (Å²) in [4.78, 5) is 55.0. The number of fused-ring (bicyclic) bond motifs is 8. The molecular weight excluding hydrogens is 1190 g/mol. The lowest BCUT2D eigenvalue weighted by Crippen LogP contribution is -2.13. The number of ether oxygens (including phenoxy) is 2. The van der Waals surface area contributed by atoms with Gasteiger partial charge in [0, 0.05) is 44.5 Å². The number of esters is 2. The molecule has 0 atom stereocenters. The van der Waals surface area contributed by atoms with E-state index in [0.717, 1.165) is 107 Å². The van der Waals surface area contributed by atoms with E-state index in [1.165, 1.54) is 58.7 Å². The van der Waals surface area contributed by atoms with Crippen LogP contribution in [0.15, 0.2) is 210 Å². The van der Waals surface area contributed by atoms with Crippen LogP contribution in [0.2, 0.25) is 0 Å². The van der Waals surface area contributed by atoms with Crippen molar-refractivity contribution in [1.29, 1.82) is 0 Å². The molecule has 0 unspecified atom stereocenters. The molecule has 0 radical (unpaired) electrons. The first kappa shape index (κ1) is 68.9. The maximum atomic E-state index is 12.3. The van der Waals surface area contributed by atoms with Gasteiger partial charge in [0.2, 0.25) is 6.61 Å². The van der Waals surface area contributed by atoms with Gasteiger partial charge in [-0.1, -0.05) is 233 Å². The van der Waals surface area contributed by atoms with E-state index in [1.54, 1.807) is 0 Å². The Bertz CT molecular complexity index is 3350. The van der Waals surface area contributed by atoms with Crippen LogP contribution in [0.4, 0.5) is 0 Å². The second-order valence-electron chi connectivity index (χ2n) is 19.4. The van der Waals surface area contributed by atoms with Gasteiger partial charge in [-0.2, -0.15) is 0 Å². The van der Waals surface area contributed by atoms with Gasteiger partial charge in [-0.25, -0.2) is 10.7 Å². The van der Waals surface area contributed by atoms with Crippen molar-refractivity contribution < 1.29 is 53.8 Å². The van der Waals surface area contributed by atoms with Gasteiger partial charge in [0.1, 0.15) is 29.1 Å². The minimum atomic E-state index is -0.530. The van der Waals surface area contributed by atoms with Crippen LogP contribution < -0.4 is 5.90 Å². The summed E-state index contributed by atoms with van der Waals surface area (Å²) in [5, 5.41) is 36.8. The van der Waals surface area contributed by atoms with Gasteiger partial charge in [0.25, 0.3) is 0 Å². The number of carbonyl (C=O) groups is 4. The summed E-state index contributed by atoms with van der Waals surface area (Å²) in [5.41, 5.74) is 19.9. The number of aliphatic hydroxyl groups excluding tert-OH is 1. The minimum absolute atomic E-state index is 0. The molecule has 0 aromatic heterocycles. The van der Waals surface area contributed by atoms with E-state index in [0.29, 0.717) is 5.71 Å². The number of aryl methyl sites for hydroxylation is 8. The molecule has 17 heteroatoms. The van der Waals surface area contributed by atoms with Crippen molar-refractivity contribution in [1.82, 2.24) is 0 Å². The molecule has 4 aliphatic rings. The van der Waals surface area contributed by atoms with Crippen molar-refractivity contribution in [3.05, 3.63) is 283 Å². The molecule has 4 aliphatic carbocycles. The van der Waals surface area contributed by atoms with Crippen LogP contribution in [0.5, 0.6) is 0 Å². The van der Waals surface area contributed by atoms with Gasteiger partial charge in [-0.15, -0.1) is 12.4 Å². The van der Waals surface area contributed by atoms with Crippen molar-refractivity contribution in [2.24, 2.45) is 21.4 Å². The Morgan fingerprint density at radius 1 is 0.425 bits per heavy atom. The number of oxime groups is 3. The number of hydrogen-bond donors (Lipinski definition) is 4. The topological polar surface area (TPSA) is 229 Å². The number of halogens is 2. The van der Waals surface area contributed by atoms with E-state index in [2.05, 4.69) is 95.3 Å². The molecule has 0 aliphatic heterocycles. The number of alkyl halides is 1. The number of aliphatic hydroxyl groups is 1. The third-order valence-electron chi connectivity index (χ3n) is 14.4. The van der Waals surface area contributed by atoms with Gasteiger partial charge < -0.3 is 34.7 Å². The lowest BCUT2D eigenvalue weighted by Gasteiger charge is -2.09. The molecule has 0 fully saturated rings. The third-order valence-corrected chi connectivity index (χ3v) is 14.8. The summed E-state index contributed by atoms with van der Waals surface area (Å²) in [6.07, 6.45) is 7.71. The normalized spacial score (nSPS) is 12.3. The molecule has 8 aromatic rings. The van der Waals surface area contributed by atoms with Crippen LogP contribution in [0, 0.1) is 0 Å². The number of nitrogens with two attached hydrogens (primary N) is 1. The highest BCUT2D eigenvalue weighted by Gasteiger charge is 2.23. The molecule has 8 aromatic carbocycles. The molecule has 0 bridgehead atoms. The zero-order chi connectivity index (χ0) is 60.3. The first-order valence-electron chi connectivity index (χ1n) is 27.6. The van der Waals surface area contributed by atoms with Gasteiger partial charge in [-0.05, 0) is 95.9 Å². The molecule has 15 nitrogen and oxygen atoms in total. The minimum Gasteiger partial charge on any atom is -0.468 e. The lowest BCUT2D eigenvalue weighted by atomic mass is 9.98. The van der Waals surface area contributed by atoms with Gasteiger partial charge >= 0.3 is 11.9 Å². The quantitative estimate of drug-likeness (QED) is 0.0482. The van der Waals surface area contributed by atoms with Crippen molar-refractivity contribution in [3.63, 3.8) is 0 Å². The van der Waals surface area contributed by atoms with Crippen molar-refractivity contribution >= 4 is 69.0 Å². The van der Waals surface area contributed by atoms with Crippen LogP contribution in [0.25, 0.3) is 0 Å². The molecule has 0 amide bonds. The average Bonchev–Trinajstić information content (AvgIpc) is 2.86. The van der Waals surface area contributed by atoms with Crippen LogP contribution in [0.1, 0.15) is 101 Å². The highest BCUT2D eigenvalue weighted by molar-refractivity contribution is 9.09. The van der Waals surface area contributed by atoms with E-state index in [9.17, 15) is 24.4 Å². The fraction of sp³-hybridized carbons (Fsp3) is 0.214. The number of methoxy groups -OCH3 is 2. The van der Waals surface area contributed by atoms with E-state index >= 15 is 0 Å². The summed E-state index contributed by atoms with van der Waals surface area (Å²) < 4.78 is 8.78. The number of carbonyl (C=O) groups excluding carboxylic acids is 4. The van der Waals surface area contributed by atoms with Crippen LogP contribution >= 0.6 is 28.3 Å². The second kappa shape index (κ2) is 36.2. The first-order valence-corrected chi connectivity index (χ1v) is 28.7. The zero-order valence-electron chi connectivity index (χ0n) is 47.8. The maximum absolute atomic E-state index is 12.3. The standard InChI is InChI=1S/2C18H17NO3.C15H13NO.C15H12O.C3H5BrO2.CH4.ClH.H3NO/c1-21-17(20)12-22-19-18-15-8-4-2-6-13(15)10-11-14-7-3-5-9-16(14)18;20-11-15(21)12-22-19-18-16-7-3-1-5-13(16)9-10-14-6-2-4-8-17(14)18;17-16-15-13-7-3-1-5-11(13)9-10-12-6-2-4-8-14(12)15;16-15-13-7-3-1-5-11(13)9-10-12-6-2-4-8-14(12)15;1-6-3(5)2-4;;;1-2/h2-9H,10-12H2,1H3;1-8,20H,9-12H2;1-8,17H,9-10H2;1-8H,9-10H2;2H2,1H3;1H4;1H;2H,1H2. The maximum Gasteiger partial charge on any atom is 0.346 e. The van der Waals surface area contributed by atoms with E-state index < -0.39 is 12.6 Å². The van der Waals surface area contributed by atoms with Crippen molar-refractivity contribution in [3.8, 4) is 0 Å². The second-order valence-corrected chi connectivity index (χ2v) is 20.0. The van der Waals surface area contributed by atoms with Gasteiger partial charge in [-0.3, -0.25) is 14.4 Å². The summed E-state index contributed by atoms with van der Waals surface area (Å²) >= 11 is 2.90. The summed E-state index contributed by atoms with van der Waals surface area (Å²) in [5.74, 6) is 2.60. The Labute approximate surface area is 522 Å². The molecule has 452 valence electrons. The molecule has 12 rings (SSSR count). The summed E-state index contributed by atoms with van der Waals surface area (Å²) in [7, 11) is 2.68. The molecule has 0 heterocycles. The fourth-order valence-corrected chi connectivity index (χ4v) is 10.4. The number of benzene rings is 8. The lowest BCUT2D eigenvalue weighted by molar-refractivity contribution is -0.145. The highest BCUT2D eigenvalue weighted by Crippen LogP contribution is 2.29. The molecule has 0 saturated carbocycles. The molecule has 87 heavy (non-hydrogen) atoms. The monoisotopic (exact) mass is 1260 g/mol. The molecule has 0 saturated heterocycles. The fourth-order valence-electron chi connectivity index (χ4n) is 10.2. The number of rotatable bonds is 8. The predicted molar refractivity (Wildman–Crippen MR) is 345 cm³/mol. The Hall–Kier alpha value is -8.90. The largest absolute Gasteiger partial charge is 0.468 e. The van der Waals surface area contributed by atoms with Gasteiger partial charge in [0.05, 0.1) is 14.2 Å². The van der Waals surface area contributed by atoms with Crippen LogP contribution in [-0.4, -0.2) is 95.5 Å². The molecule has 5 N–H and O–H groups in total.